The summed E-state index contributed by atoms with van der Waals surface area (Å²) < 4.78 is 15.0. The summed E-state index contributed by atoms with van der Waals surface area (Å²) >= 11 is 0. The molecule has 0 unspecified atom stereocenters. The zero-order chi connectivity index (χ0) is 25.5. The van der Waals surface area contributed by atoms with Gasteiger partial charge in [0.05, 0.1) is 16.7 Å². The van der Waals surface area contributed by atoms with Gasteiger partial charge in [-0.05, 0) is 18.2 Å². The highest BCUT2D eigenvalue weighted by atomic mass is 31.2. The SMILES string of the molecule is O=P(c1ccccc1)(c1ccccc1)c1cccc(-c2nc3ccccc3c3c2ccc2cccnc23)c1. The van der Waals surface area contributed by atoms with Gasteiger partial charge in [-0.1, -0.05) is 115 Å². The number of hydrogen-bond donors (Lipinski definition) is 0. The number of nitrogens with zero attached hydrogens (tertiary/aromatic N) is 2. The lowest BCUT2D eigenvalue weighted by Gasteiger charge is -2.21. The first-order valence-electron chi connectivity index (χ1n) is 12.6. The standard InChI is InChI=1S/C34H23N2OP/c37-38(26-13-3-1-4-14-26,27-15-5-2-6-16-27)28-17-9-11-25(23-28)33-30-21-20-24-12-10-22-35-34(24)32(30)29-18-7-8-19-31(29)36-33/h1-23H. The van der Waals surface area contributed by atoms with Crippen LogP contribution in [0.2, 0.25) is 0 Å². The van der Waals surface area contributed by atoms with E-state index in [4.69, 9.17) is 9.97 Å². The zero-order valence-electron chi connectivity index (χ0n) is 20.5. The molecule has 0 bridgehead atoms. The summed E-state index contributed by atoms with van der Waals surface area (Å²) in [5, 5.41) is 6.70. The maximum Gasteiger partial charge on any atom is 0.171 e. The molecule has 180 valence electrons. The van der Waals surface area contributed by atoms with Crippen molar-refractivity contribution in [1.82, 2.24) is 9.97 Å². The van der Waals surface area contributed by atoms with Crippen LogP contribution in [0.1, 0.15) is 0 Å². The maximum absolute atomic E-state index is 15.0. The lowest BCUT2D eigenvalue weighted by molar-refractivity contribution is 0.592. The molecule has 2 heterocycles. The van der Waals surface area contributed by atoms with Crippen LogP contribution in [-0.2, 0) is 4.57 Å². The lowest BCUT2D eigenvalue weighted by Crippen LogP contribution is -2.25. The van der Waals surface area contributed by atoms with Crippen molar-refractivity contribution in [2.75, 3.05) is 0 Å². The average Bonchev–Trinajstić information content (AvgIpc) is 3.01. The summed E-state index contributed by atoms with van der Waals surface area (Å²) in [6.45, 7) is 0. The maximum atomic E-state index is 15.0. The van der Waals surface area contributed by atoms with Crippen LogP contribution < -0.4 is 15.9 Å². The Bertz CT molecular complexity index is 1940. The molecule has 4 heteroatoms. The molecule has 38 heavy (non-hydrogen) atoms. The van der Waals surface area contributed by atoms with Crippen LogP contribution in [0.3, 0.4) is 0 Å². The highest BCUT2D eigenvalue weighted by Gasteiger charge is 2.30. The van der Waals surface area contributed by atoms with Crippen molar-refractivity contribution < 1.29 is 4.57 Å². The number of benzene rings is 5. The Morgan fingerprint density at radius 1 is 0.553 bits per heavy atom. The van der Waals surface area contributed by atoms with Gasteiger partial charge in [0.15, 0.2) is 7.14 Å². The van der Waals surface area contributed by atoms with E-state index in [-0.39, 0.29) is 0 Å². The molecule has 5 aromatic carbocycles. The van der Waals surface area contributed by atoms with Crippen molar-refractivity contribution >= 4 is 55.6 Å². The molecule has 7 rings (SSSR count). The molecule has 0 fully saturated rings. The molecule has 0 aliphatic heterocycles. The molecule has 0 amide bonds. The first-order chi connectivity index (χ1) is 18.7. The smallest absolute Gasteiger partial charge is 0.171 e. The highest BCUT2D eigenvalue weighted by molar-refractivity contribution is 7.85. The average molecular weight is 507 g/mol. The van der Waals surface area contributed by atoms with Crippen LogP contribution >= 0.6 is 7.14 Å². The van der Waals surface area contributed by atoms with Crippen molar-refractivity contribution in [3.05, 3.63) is 140 Å². The van der Waals surface area contributed by atoms with Gasteiger partial charge in [0.25, 0.3) is 0 Å². The van der Waals surface area contributed by atoms with E-state index < -0.39 is 7.14 Å². The molecule has 3 nitrogen and oxygen atoms in total. The fraction of sp³-hybridized carbons (Fsp3) is 0. The van der Waals surface area contributed by atoms with Crippen molar-refractivity contribution in [3.8, 4) is 11.3 Å². The number of pyridine rings is 2. The number of para-hydroxylation sites is 1. The Balaban J connectivity index is 1.53. The molecule has 0 saturated carbocycles. The zero-order valence-corrected chi connectivity index (χ0v) is 21.4. The predicted molar refractivity (Wildman–Crippen MR) is 159 cm³/mol. The van der Waals surface area contributed by atoms with E-state index in [0.717, 1.165) is 59.7 Å². The number of hydrogen-bond acceptors (Lipinski definition) is 3. The lowest BCUT2D eigenvalue weighted by atomic mass is 9.97. The second kappa shape index (κ2) is 9.06. The largest absolute Gasteiger partial charge is 0.309 e. The second-order valence-electron chi connectivity index (χ2n) is 9.37. The van der Waals surface area contributed by atoms with Crippen LogP contribution in [0.25, 0.3) is 43.8 Å². The van der Waals surface area contributed by atoms with Crippen molar-refractivity contribution in [2.24, 2.45) is 0 Å². The van der Waals surface area contributed by atoms with Crippen molar-refractivity contribution in [2.45, 2.75) is 0 Å². The van der Waals surface area contributed by atoms with Gasteiger partial charge in [-0.25, -0.2) is 4.98 Å². The van der Waals surface area contributed by atoms with Crippen molar-refractivity contribution in [3.63, 3.8) is 0 Å². The molecule has 0 spiro atoms. The normalized spacial score (nSPS) is 11.8. The van der Waals surface area contributed by atoms with Gasteiger partial charge in [-0.15, -0.1) is 0 Å². The van der Waals surface area contributed by atoms with Gasteiger partial charge in [0.1, 0.15) is 0 Å². The highest BCUT2D eigenvalue weighted by Crippen LogP contribution is 2.43. The van der Waals surface area contributed by atoms with Crippen LogP contribution in [0.5, 0.6) is 0 Å². The Kier molecular flexibility index (Phi) is 5.39. The van der Waals surface area contributed by atoms with Crippen LogP contribution in [0.4, 0.5) is 0 Å². The summed E-state index contributed by atoms with van der Waals surface area (Å²) in [6, 6.07) is 44.1. The van der Waals surface area contributed by atoms with E-state index in [9.17, 15) is 0 Å². The summed E-state index contributed by atoms with van der Waals surface area (Å²) in [5.41, 5.74) is 3.66. The summed E-state index contributed by atoms with van der Waals surface area (Å²) in [5.74, 6) is 0. The fourth-order valence-electron chi connectivity index (χ4n) is 5.37. The van der Waals surface area contributed by atoms with Gasteiger partial charge >= 0.3 is 0 Å². The minimum absolute atomic E-state index is 0.787. The monoisotopic (exact) mass is 506 g/mol. The minimum Gasteiger partial charge on any atom is -0.309 e. The van der Waals surface area contributed by atoms with Crippen LogP contribution in [0, 0.1) is 0 Å². The fourth-order valence-corrected chi connectivity index (χ4v) is 8.07. The second-order valence-corrected chi connectivity index (χ2v) is 12.1. The van der Waals surface area contributed by atoms with E-state index >= 15 is 4.57 Å². The molecular formula is C34H23N2OP. The Labute approximate surface area is 220 Å². The number of aromatic nitrogens is 2. The molecule has 0 aliphatic rings. The Hall–Kier alpha value is -4.59. The molecule has 0 atom stereocenters. The van der Waals surface area contributed by atoms with E-state index in [2.05, 4.69) is 36.4 Å². The van der Waals surface area contributed by atoms with E-state index in [0.29, 0.717) is 0 Å². The molecule has 2 aromatic heterocycles. The number of rotatable bonds is 4. The third-order valence-corrected chi connectivity index (χ3v) is 10.2. The van der Waals surface area contributed by atoms with Gasteiger partial charge in [0, 0.05) is 49.2 Å². The van der Waals surface area contributed by atoms with Gasteiger partial charge in [-0.3, -0.25) is 4.98 Å². The summed E-state index contributed by atoms with van der Waals surface area (Å²) in [6.07, 6.45) is 1.84. The third kappa shape index (κ3) is 3.55. The molecule has 7 aromatic rings. The topological polar surface area (TPSA) is 42.9 Å². The van der Waals surface area contributed by atoms with E-state index in [1.54, 1.807) is 0 Å². The Morgan fingerprint density at radius 2 is 1.24 bits per heavy atom. The van der Waals surface area contributed by atoms with Crippen molar-refractivity contribution in [1.29, 1.82) is 0 Å². The minimum atomic E-state index is -3.11. The predicted octanol–water partition coefficient (Wildman–Crippen LogP) is 7.24. The van der Waals surface area contributed by atoms with Crippen LogP contribution in [0.15, 0.2) is 140 Å². The van der Waals surface area contributed by atoms with Gasteiger partial charge in [0.2, 0.25) is 0 Å². The third-order valence-electron chi connectivity index (χ3n) is 7.16. The van der Waals surface area contributed by atoms with E-state index in [1.165, 1.54) is 0 Å². The molecular weight excluding hydrogens is 483 g/mol. The Morgan fingerprint density at radius 3 is 2.00 bits per heavy atom. The first-order valence-corrected chi connectivity index (χ1v) is 14.3. The van der Waals surface area contributed by atoms with E-state index in [1.807, 2.05) is 103 Å². The van der Waals surface area contributed by atoms with Crippen LogP contribution in [-0.4, -0.2) is 9.97 Å². The molecule has 0 N–H and O–H groups in total. The summed E-state index contributed by atoms with van der Waals surface area (Å²) in [7, 11) is -3.11. The molecule has 0 radical (unpaired) electrons. The van der Waals surface area contributed by atoms with Gasteiger partial charge < -0.3 is 4.57 Å². The summed E-state index contributed by atoms with van der Waals surface area (Å²) in [4.78, 5) is 9.89. The molecule has 0 saturated heterocycles. The van der Waals surface area contributed by atoms with Gasteiger partial charge in [-0.2, -0.15) is 0 Å². The quantitative estimate of drug-likeness (QED) is 0.187. The first kappa shape index (κ1) is 22.6. The number of fused-ring (bicyclic) bond motifs is 5. The molecule has 0 aliphatic carbocycles.